The molecule has 9 rings (SSSR count). The Balaban J connectivity index is 1.32. The van der Waals surface area contributed by atoms with Crippen molar-refractivity contribution in [3.05, 3.63) is 212 Å². The van der Waals surface area contributed by atoms with Crippen LogP contribution >= 0.6 is 0 Å². The van der Waals surface area contributed by atoms with Crippen LogP contribution in [0.4, 0.5) is 17.1 Å². The summed E-state index contributed by atoms with van der Waals surface area (Å²) in [5.41, 5.74) is 3.40. The van der Waals surface area contributed by atoms with E-state index in [-0.39, 0.29) is 0 Å². The van der Waals surface area contributed by atoms with Crippen molar-refractivity contribution in [2.45, 2.75) is 0 Å². The van der Waals surface area contributed by atoms with Gasteiger partial charge in [0.15, 0.2) is 8.07 Å². The smallest absolute Gasteiger partial charge is 0.179 e. The SMILES string of the molecule is c1ccc(N(c2ccccc2)c2ccc([Si](c3ccccc3)(c3ccccc3)c3ccc4c5ccccc5c5ccccc5c4c3)cc2)cc1. The third-order valence-electron chi connectivity index (χ3n) is 10.2. The van der Waals surface area contributed by atoms with Crippen LogP contribution in [0.3, 0.4) is 0 Å². The number of hydrogen-bond donors (Lipinski definition) is 0. The highest BCUT2D eigenvalue weighted by atomic mass is 28.3. The second-order valence-corrected chi connectivity index (χ2v) is 16.7. The van der Waals surface area contributed by atoms with E-state index in [9.17, 15) is 0 Å². The fourth-order valence-electron chi connectivity index (χ4n) is 7.98. The Labute approximate surface area is 294 Å². The van der Waals surface area contributed by atoms with Gasteiger partial charge in [0.25, 0.3) is 0 Å². The maximum atomic E-state index is 2.52. The van der Waals surface area contributed by atoms with Gasteiger partial charge in [-0.05, 0) is 89.5 Å². The molecule has 9 aromatic carbocycles. The van der Waals surface area contributed by atoms with Crippen LogP contribution in [0.25, 0.3) is 32.3 Å². The maximum absolute atomic E-state index is 2.81. The summed E-state index contributed by atoms with van der Waals surface area (Å²) in [6.07, 6.45) is 0. The molecule has 2 heteroatoms. The molecule has 0 aliphatic heterocycles. The summed E-state index contributed by atoms with van der Waals surface area (Å²) in [7, 11) is -2.81. The van der Waals surface area contributed by atoms with Gasteiger partial charge in [-0.15, -0.1) is 0 Å². The van der Waals surface area contributed by atoms with Crippen molar-refractivity contribution < 1.29 is 0 Å². The highest BCUT2D eigenvalue weighted by Gasteiger charge is 2.41. The Kier molecular flexibility index (Phi) is 7.57. The molecule has 236 valence electrons. The normalized spacial score (nSPS) is 11.6. The van der Waals surface area contributed by atoms with Crippen LogP contribution in [0.5, 0.6) is 0 Å². The van der Waals surface area contributed by atoms with Crippen LogP contribution in [0.1, 0.15) is 0 Å². The monoisotopic (exact) mass is 653 g/mol. The Morgan fingerprint density at radius 3 is 1.02 bits per heavy atom. The molecular formula is C48H35NSi. The predicted octanol–water partition coefficient (Wildman–Crippen LogP) is 9.99. The van der Waals surface area contributed by atoms with Crippen LogP contribution in [0.15, 0.2) is 212 Å². The Morgan fingerprint density at radius 2 is 0.560 bits per heavy atom. The number of hydrogen-bond acceptors (Lipinski definition) is 1. The van der Waals surface area contributed by atoms with Gasteiger partial charge in [0, 0.05) is 17.1 Å². The van der Waals surface area contributed by atoms with E-state index in [4.69, 9.17) is 0 Å². The molecule has 0 heterocycles. The number of fused-ring (bicyclic) bond motifs is 6. The summed E-state index contributed by atoms with van der Waals surface area (Å²) in [6, 6.07) is 78.2. The van der Waals surface area contributed by atoms with Crippen molar-refractivity contribution in [3.63, 3.8) is 0 Å². The van der Waals surface area contributed by atoms with Gasteiger partial charge in [-0.1, -0.05) is 176 Å². The molecule has 0 radical (unpaired) electrons. The summed E-state index contributed by atoms with van der Waals surface area (Å²) in [5, 5.41) is 13.2. The zero-order valence-corrected chi connectivity index (χ0v) is 28.7. The standard InChI is InChI=1S/C48H35NSi/c1-5-17-36(18-6-1)49(37-19-7-2-8-20-37)38-29-31-41(32-30-38)50(39-21-9-3-10-22-39,40-23-11-4-12-24-40)42-33-34-47-45-27-14-13-25-43(45)44-26-15-16-28-46(44)48(47)35-42/h1-35H. The molecule has 0 saturated heterocycles. The van der Waals surface area contributed by atoms with E-state index in [1.807, 2.05) is 0 Å². The molecule has 0 saturated carbocycles. The van der Waals surface area contributed by atoms with Crippen LogP contribution < -0.4 is 25.6 Å². The number of rotatable bonds is 7. The highest BCUT2D eigenvalue weighted by Crippen LogP contribution is 2.36. The first-order valence-corrected chi connectivity index (χ1v) is 19.3. The molecule has 0 aliphatic rings. The van der Waals surface area contributed by atoms with Crippen LogP contribution in [-0.2, 0) is 0 Å². The van der Waals surface area contributed by atoms with Crippen molar-refractivity contribution in [2.24, 2.45) is 0 Å². The Bertz CT molecular complexity index is 2450. The van der Waals surface area contributed by atoms with Gasteiger partial charge in [0.05, 0.1) is 0 Å². The molecule has 1 nitrogen and oxygen atoms in total. The number of para-hydroxylation sites is 2. The van der Waals surface area contributed by atoms with Crippen molar-refractivity contribution in [3.8, 4) is 0 Å². The third kappa shape index (κ3) is 4.92. The number of nitrogens with zero attached hydrogens (tertiary/aromatic N) is 1. The summed E-state index contributed by atoms with van der Waals surface area (Å²) < 4.78 is 0. The highest BCUT2D eigenvalue weighted by molar-refractivity contribution is 7.20. The van der Waals surface area contributed by atoms with Gasteiger partial charge >= 0.3 is 0 Å². The zero-order valence-electron chi connectivity index (χ0n) is 27.7. The first kappa shape index (κ1) is 29.9. The minimum atomic E-state index is -2.81. The first-order valence-electron chi connectivity index (χ1n) is 17.3. The van der Waals surface area contributed by atoms with Crippen LogP contribution in [-0.4, -0.2) is 8.07 Å². The molecule has 0 N–H and O–H groups in total. The molecule has 50 heavy (non-hydrogen) atoms. The summed E-state index contributed by atoms with van der Waals surface area (Å²) in [4.78, 5) is 2.34. The molecule has 0 fully saturated rings. The lowest BCUT2D eigenvalue weighted by Gasteiger charge is -2.35. The van der Waals surface area contributed by atoms with Crippen molar-refractivity contribution in [1.82, 2.24) is 0 Å². The Hall–Kier alpha value is -6.22. The zero-order chi connectivity index (χ0) is 33.3. The summed E-state index contributed by atoms with van der Waals surface area (Å²) in [6.45, 7) is 0. The lowest BCUT2D eigenvalue weighted by molar-refractivity contribution is 1.28. The van der Waals surface area contributed by atoms with Crippen molar-refractivity contribution in [1.29, 1.82) is 0 Å². The molecule has 0 atom stereocenters. The third-order valence-corrected chi connectivity index (χ3v) is 15.0. The minimum absolute atomic E-state index is 1.13. The van der Waals surface area contributed by atoms with Crippen LogP contribution in [0.2, 0.25) is 0 Å². The van der Waals surface area contributed by atoms with E-state index in [2.05, 4.69) is 217 Å². The molecule has 0 aromatic heterocycles. The maximum Gasteiger partial charge on any atom is 0.179 e. The van der Waals surface area contributed by atoms with E-state index in [1.54, 1.807) is 0 Å². The molecular weight excluding hydrogens is 619 g/mol. The van der Waals surface area contributed by atoms with Crippen molar-refractivity contribution in [2.75, 3.05) is 4.90 Å². The molecule has 9 aromatic rings. The topological polar surface area (TPSA) is 3.24 Å². The molecule has 0 bridgehead atoms. The van der Waals surface area contributed by atoms with Gasteiger partial charge < -0.3 is 4.90 Å². The largest absolute Gasteiger partial charge is 0.311 e. The molecule has 0 amide bonds. The Morgan fingerprint density at radius 1 is 0.240 bits per heavy atom. The quantitative estimate of drug-likeness (QED) is 0.0940. The van der Waals surface area contributed by atoms with E-state index in [0.717, 1.165) is 17.1 Å². The van der Waals surface area contributed by atoms with Gasteiger partial charge in [-0.3, -0.25) is 0 Å². The van der Waals surface area contributed by atoms with Crippen LogP contribution in [0, 0.1) is 0 Å². The average Bonchev–Trinajstić information content (AvgIpc) is 3.21. The minimum Gasteiger partial charge on any atom is -0.311 e. The van der Waals surface area contributed by atoms with E-state index in [1.165, 1.54) is 53.1 Å². The van der Waals surface area contributed by atoms with Crippen molar-refractivity contribution >= 4 is 78.2 Å². The van der Waals surface area contributed by atoms with E-state index in [0.29, 0.717) is 0 Å². The van der Waals surface area contributed by atoms with E-state index < -0.39 is 8.07 Å². The lowest BCUT2D eigenvalue weighted by Crippen LogP contribution is -2.74. The summed E-state index contributed by atoms with van der Waals surface area (Å²) in [5.74, 6) is 0. The van der Waals surface area contributed by atoms with Gasteiger partial charge in [0.1, 0.15) is 0 Å². The molecule has 0 aliphatic carbocycles. The van der Waals surface area contributed by atoms with Gasteiger partial charge in [-0.2, -0.15) is 0 Å². The second kappa shape index (κ2) is 12.7. The van der Waals surface area contributed by atoms with E-state index >= 15 is 0 Å². The fourth-order valence-corrected chi connectivity index (χ4v) is 12.7. The second-order valence-electron chi connectivity index (χ2n) is 12.9. The molecule has 0 spiro atoms. The predicted molar refractivity (Wildman–Crippen MR) is 217 cm³/mol. The fraction of sp³-hybridized carbons (Fsp3) is 0. The average molecular weight is 654 g/mol. The van der Waals surface area contributed by atoms with Gasteiger partial charge in [0.2, 0.25) is 0 Å². The van der Waals surface area contributed by atoms with Gasteiger partial charge in [-0.25, -0.2) is 0 Å². The summed E-state index contributed by atoms with van der Waals surface area (Å²) >= 11 is 0. The number of benzene rings is 9. The lowest BCUT2D eigenvalue weighted by atomic mass is 9.94. The first-order chi connectivity index (χ1) is 24.8. The molecule has 0 unspecified atom stereocenters. The number of anilines is 3.